The molecule has 5 heteroatoms. The molecular formula is C16H18ClFN2O. The molecule has 3 N–H and O–H groups in total. The van der Waals surface area contributed by atoms with Crippen LogP contribution in [0, 0.1) is 5.82 Å². The van der Waals surface area contributed by atoms with Crippen molar-refractivity contribution < 1.29 is 9.13 Å². The van der Waals surface area contributed by atoms with Crippen LogP contribution in [0.15, 0.2) is 42.5 Å². The van der Waals surface area contributed by atoms with Crippen molar-refractivity contribution in [3.05, 3.63) is 64.4 Å². The summed E-state index contributed by atoms with van der Waals surface area (Å²) in [6.45, 7) is 3.89. The number of hydrazine groups is 1. The molecule has 0 aliphatic carbocycles. The quantitative estimate of drug-likeness (QED) is 0.652. The van der Waals surface area contributed by atoms with E-state index < -0.39 is 11.9 Å². The highest BCUT2D eigenvalue weighted by Gasteiger charge is 2.18. The molecule has 3 nitrogen and oxygen atoms in total. The lowest BCUT2D eigenvalue weighted by Gasteiger charge is -2.19. The molecule has 0 radical (unpaired) electrons. The Hall–Kier alpha value is -1.62. The fourth-order valence-electron chi connectivity index (χ4n) is 2.15. The van der Waals surface area contributed by atoms with Crippen LogP contribution < -0.4 is 16.0 Å². The molecule has 2 aromatic carbocycles. The minimum absolute atomic E-state index is 0.0624. The van der Waals surface area contributed by atoms with Gasteiger partial charge in [-0.2, -0.15) is 0 Å². The van der Waals surface area contributed by atoms with Crippen molar-refractivity contribution in [2.75, 3.05) is 0 Å². The molecule has 1 atom stereocenters. The van der Waals surface area contributed by atoms with Gasteiger partial charge in [-0.3, -0.25) is 5.84 Å². The molecule has 1 unspecified atom stereocenters. The zero-order valence-electron chi connectivity index (χ0n) is 11.9. The Bertz CT molecular complexity index is 619. The molecule has 0 spiro atoms. The highest BCUT2D eigenvalue weighted by atomic mass is 35.5. The van der Waals surface area contributed by atoms with Crippen LogP contribution in [0.3, 0.4) is 0 Å². The van der Waals surface area contributed by atoms with E-state index in [4.69, 9.17) is 22.2 Å². The van der Waals surface area contributed by atoms with Gasteiger partial charge in [-0.1, -0.05) is 35.9 Å². The maximum absolute atomic E-state index is 14.2. The lowest BCUT2D eigenvalue weighted by atomic mass is 9.98. The monoisotopic (exact) mass is 308 g/mol. The van der Waals surface area contributed by atoms with Gasteiger partial charge in [0, 0.05) is 5.56 Å². The number of rotatable bonds is 5. The first-order chi connectivity index (χ1) is 10.0. The van der Waals surface area contributed by atoms with Gasteiger partial charge in [0.25, 0.3) is 0 Å². The van der Waals surface area contributed by atoms with Crippen LogP contribution in [0.1, 0.15) is 31.0 Å². The minimum Gasteiger partial charge on any atom is -0.491 e. The third-order valence-corrected chi connectivity index (χ3v) is 3.31. The summed E-state index contributed by atoms with van der Waals surface area (Å²) < 4.78 is 19.8. The molecule has 0 bridgehead atoms. The van der Waals surface area contributed by atoms with Crippen LogP contribution in [0.4, 0.5) is 4.39 Å². The van der Waals surface area contributed by atoms with Crippen LogP contribution in [0.2, 0.25) is 5.02 Å². The fourth-order valence-corrected chi connectivity index (χ4v) is 2.33. The summed E-state index contributed by atoms with van der Waals surface area (Å²) in [5.41, 5.74) is 3.83. The molecule has 0 aromatic heterocycles. The van der Waals surface area contributed by atoms with E-state index in [2.05, 4.69) is 5.43 Å². The first-order valence-electron chi connectivity index (χ1n) is 6.69. The summed E-state index contributed by atoms with van der Waals surface area (Å²) in [5, 5.41) is 0.0716. The number of halogens is 2. The van der Waals surface area contributed by atoms with E-state index in [9.17, 15) is 4.39 Å². The summed E-state index contributed by atoms with van der Waals surface area (Å²) in [5.74, 6) is 5.84. The molecule has 0 heterocycles. The maximum atomic E-state index is 14.2. The van der Waals surface area contributed by atoms with Crippen molar-refractivity contribution in [3.63, 3.8) is 0 Å². The summed E-state index contributed by atoms with van der Waals surface area (Å²) in [7, 11) is 0. The van der Waals surface area contributed by atoms with E-state index >= 15 is 0 Å². The zero-order chi connectivity index (χ0) is 15.4. The van der Waals surface area contributed by atoms with Crippen LogP contribution in [0.5, 0.6) is 5.75 Å². The Balaban J connectivity index is 2.39. The Morgan fingerprint density at radius 1 is 1.19 bits per heavy atom. The van der Waals surface area contributed by atoms with Gasteiger partial charge in [-0.25, -0.2) is 9.82 Å². The third kappa shape index (κ3) is 3.73. The predicted molar refractivity (Wildman–Crippen MR) is 82.8 cm³/mol. The Kier molecular flexibility index (Phi) is 5.17. The number of nitrogens with two attached hydrogens (primary N) is 1. The van der Waals surface area contributed by atoms with Crippen LogP contribution in [-0.4, -0.2) is 6.10 Å². The second kappa shape index (κ2) is 6.89. The van der Waals surface area contributed by atoms with E-state index in [0.717, 1.165) is 5.56 Å². The van der Waals surface area contributed by atoms with Gasteiger partial charge in [-0.15, -0.1) is 0 Å². The fraction of sp³-hybridized carbons (Fsp3) is 0.250. The van der Waals surface area contributed by atoms with Crippen molar-refractivity contribution in [2.24, 2.45) is 5.84 Å². The molecule has 0 amide bonds. The Morgan fingerprint density at radius 2 is 1.90 bits per heavy atom. The average molecular weight is 309 g/mol. The number of benzene rings is 2. The topological polar surface area (TPSA) is 47.3 Å². The molecule has 112 valence electrons. The van der Waals surface area contributed by atoms with Gasteiger partial charge in [0.2, 0.25) is 0 Å². The maximum Gasteiger partial charge on any atom is 0.146 e. The second-order valence-electron chi connectivity index (χ2n) is 4.98. The highest BCUT2D eigenvalue weighted by Crippen LogP contribution is 2.29. The smallest absolute Gasteiger partial charge is 0.146 e. The SMILES string of the molecule is CC(C)Oc1cccc(C(NN)c2cccc(Cl)c2F)c1. The molecule has 0 aliphatic rings. The van der Waals surface area contributed by atoms with E-state index in [1.165, 1.54) is 6.07 Å². The number of nitrogens with one attached hydrogen (secondary N) is 1. The van der Waals surface area contributed by atoms with Crippen molar-refractivity contribution in [1.82, 2.24) is 5.43 Å². The van der Waals surface area contributed by atoms with Crippen LogP contribution >= 0.6 is 11.6 Å². The lowest BCUT2D eigenvalue weighted by molar-refractivity contribution is 0.242. The molecule has 2 aromatic rings. The molecule has 0 saturated carbocycles. The summed E-state index contributed by atoms with van der Waals surface area (Å²) >= 11 is 5.83. The average Bonchev–Trinajstić information content (AvgIpc) is 2.44. The number of hydrogen-bond donors (Lipinski definition) is 2. The zero-order valence-corrected chi connectivity index (χ0v) is 12.7. The molecule has 2 rings (SSSR count). The van der Waals surface area contributed by atoms with Gasteiger partial charge < -0.3 is 4.74 Å². The first-order valence-corrected chi connectivity index (χ1v) is 7.07. The molecule has 0 fully saturated rings. The molecule has 0 saturated heterocycles. The van der Waals surface area contributed by atoms with E-state index in [1.54, 1.807) is 12.1 Å². The first kappa shape index (κ1) is 15.8. The van der Waals surface area contributed by atoms with Gasteiger partial charge in [0.05, 0.1) is 17.2 Å². The van der Waals surface area contributed by atoms with E-state index in [0.29, 0.717) is 11.3 Å². The van der Waals surface area contributed by atoms with E-state index in [-0.39, 0.29) is 11.1 Å². The Morgan fingerprint density at radius 3 is 2.57 bits per heavy atom. The van der Waals surface area contributed by atoms with Crippen molar-refractivity contribution in [1.29, 1.82) is 0 Å². The predicted octanol–water partition coefficient (Wildman–Crippen LogP) is 3.82. The largest absolute Gasteiger partial charge is 0.491 e. The van der Waals surface area contributed by atoms with Gasteiger partial charge in [0.1, 0.15) is 11.6 Å². The van der Waals surface area contributed by atoms with Crippen molar-refractivity contribution in [2.45, 2.75) is 26.0 Å². The second-order valence-corrected chi connectivity index (χ2v) is 5.39. The number of ether oxygens (including phenoxy) is 1. The Labute approximate surface area is 128 Å². The van der Waals surface area contributed by atoms with E-state index in [1.807, 2.05) is 38.1 Å². The summed E-state index contributed by atoms with van der Waals surface area (Å²) in [6.07, 6.45) is 0.0624. The highest BCUT2D eigenvalue weighted by molar-refractivity contribution is 6.30. The molecule has 0 aliphatic heterocycles. The third-order valence-electron chi connectivity index (χ3n) is 3.02. The van der Waals surface area contributed by atoms with Gasteiger partial charge in [0.15, 0.2) is 0 Å². The van der Waals surface area contributed by atoms with Crippen LogP contribution in [-0.2, 0) is 0 Å². The summed E-state index contributed by atoms with van der Waals surface area (Å²) in [4.78, 5) is 0. The van der Waals surface area contributed by atoms with Crippen LogP contribution in [0.25, 0.3) is 0 Å². The standard InChI is InChI=1S/C16H18ClFN2O/c1-10(2)21-12-6-3-5-11(9-12)16(20-19)13-7-4-8-14(17)15(13)18/h3-10,16,20H,19H2,1-2H3. The number of hydrogen-bond acceptors (Lipinski definition) is 3. The van der Waals surface area contributed by atoms with Gasteiger partial charge in [-0.05, 0) is 37.6 Å². The molecular weight excluding hydrogens is 291 g/mol. The van der Waals surface area contributed by atoms with Crippen molar-refractivity contribution in [3.8, 4) is 5.75 Å². The lowest BCUT2D eigenvalue weighted by Crippen LogP contribution is -2.29. The van der Waals surface area contributed by atoms with Crippen molar-refractivity contribution >= 4 is 11.6 Å². The van der Waals surface area contributed by atoms with Gasteiger partial charge >= 0.3 is 0 Å². The summed E-state index contributed by atoms with van der Waals surface area (Å²) in [6, 6.07) is 11.8. The minimum atomic E-state index is -0.501. The normalized spacial score (nSPS) is 12.5. The molecule has 21 heavy (non-hydrogen) atoms.